The van der Waals surface area contributed by atoms with E-state index in [1.807, 2.05) is 37.4 Å². The van der Waals surface area contributed by atoms with Gasteiger partial charge in [0.25, 0.3) is 0 Å². The number of nitrogens with one attached hydrogen (secondary N) is 1. The Kier molecular flexibility index (Phi) is 4.57. The first kappa shape index (κ1) is 15.5. The van der Waals surface area contributed by atoms with Crippen molar-refractivity contribution >= 4 is 11.6 Å². The molecule has 3 rings (SSSR count). The van der Waals surface area contributed by atoms with Gasteiger partial charge < -0.3 is 9.72 Å². The number of rotatable bonds is 5. The Morgan fingerprint density at radius 2 is 2.17 bits per heavy atom. The lowest BCUT2D eigenvalue weighted by Crippen LogP contribution is -2.09. The van der Waals surface area contributed by atoms with E-state index in [1.165, 1.54) is 0 Å². The van der Waals surface area contributed by atoms with E-state index < -0.39 is 0 Å². The number of aromatic amines is 1. The Morgan fingerprint density at radius 3 is 2.87 bits per heavy atom. The number of aromatic nitrogens is 4. The van der Waals surface area contributed by atoms with E-state index in [2.05, 4.69) is 19.9 Å². The van der Waals surface area contributed by atoms with Crippen molar-refractivity contribution in [1.82, 2.24) is 19.9 Å². The molecule has 2 aromatic heterocycles. The molecule has 118 valence electrons. The maximum absolute atomic E-state index is 6.29. The van der Waals surface area contributed by atoms with Gasteiger partial charge in [-0.3, -0.25) is 0 Å². The molecule has 1 aromatic carbocycles. The van der Waals surface area contributed by atoms with Crippen LogP contribution in [-0.4, -0.2) is 27.0 Å². The molecule has 6 heteroatoms. The van der Waals surface area contributed by atoms with Gasteiger partial charge in [-0.25, -0.2) is 15.0 Å². The fraction of sp³-hybridized carbons (Fsp3) is 0.235. The number of methoxy groups -OCH3 is 1. The molecule has 0 aliphatic rings. The average Bonchev–Trinajstić information content (AvgIpc) is 3.06. The summed E-state index contributed by atoms with van der Waals surface area (Å²) in [7, 11) is 1.63. The number of halogens is 1. The molecule has 1 N–H and O–H groups in total. The fourth-order valence-electron chi connectivity index (χ4n) is 2.69. The molecule has 0 bridgehead atoms. The van der Waals surface area contributed by atoms with Crippen molar-refractivity contribution in [3.8, 4) is 5.75 Å². The van der Waals surface area contributed by atoms with Crippen molar-refractivity contribution in [2.45, 2.75) is 19.3 Å². The van der Waals surface area contributed by atoms with E-state index in [-0.39, 0.29) is 5.92 Å². The number of para-hydroxylation sites is 1. The van der Waals surface area contributed by atoms with Gasteiger partial charge in [0.1, 0.15) is 11.6 Å². The van der Waals surface area contributed by atoms with Gasteiger partial charge >= 0.3 is 0 Å². The molecule has 0 fully saturated rings. The SMILES string of the molecule is COc1c(Cl)cccc1C(Cc1ccnc(C)n1)c1cnc[nH]1. The number of H-pyrrole nitrogens is 1. The highest BCUT2D eigenvalue weighted by Crippen LogP contribution is 2.37. The van der Waals surface area contributed by atoms with Gasteiger partial charge in [-0.05, 0) is 19.1 Å². The lowest BCUT2D eigenvalue weighted by atomic mass is 9.90. The quantitative estimate of drug-likeness (QED) is 0.778. The smallest absolute Gasteiger partial charge is 0.141 e. The first-order chi connectivity index (χ1) is 11.2. The molecule has 0 aliphatic heterocycles. The number of ether oxygens (including phenoxy) is 1. The van der Waals surface area contributed by atoms with Crippen LogP contribution < -0.4 is 4.74 Å². The maximum atomic E-state index is 6.29. The zero-order valence-corrected chi connectivity index (χ0v) is 13.7. The molecule has 0 spiro atoms. The molecule has 1 unspecified atom stereocenters. The van der Waals surface area contributed by atoms with E-state index in [9.17, 15) is 0 Å². The summed E-state index contributed by atoms with van der Waals surface area (Å²) in [5.41, 5.74) is 2.95. The second-order valence-corrected chi connectivity index (χ2v) is 5.63. The zero-order chi connectivity index (χ0) is 16.2. The lowest BCUT2D eigenvalue weighted by molar-refractivity contribution is 0.407. The third kappa shape index (κ3) is 3.35. The standard InChI is InChI=1S/C17H17ClN4O/c1-11-20-7-6-12(22-11)8-14(16-9-19-10-21-16)13-4-3-5-15(18)17(13)23-2/h3-7,9-10,14H,8H2,1-2H3,(H,19,21). The summed E-state index contributed by atoms with van der Waals surface area (Å²) >= 11 is 6.29. The van der Waals surface area contributed by atoms with Crippen LogP contribution in [0.5, 0.6) is 5.75 Å². The van der Waals surface area contributed by atoms with E-state index in [0.717, 1.165) is 22.8 Å². The van der Waals surface area contributed by atoms with Crippen LogP contribution in [0.2, 0.25) is 5.02 Å². The molecule has 23 heavy (non-hydrogen) atoms. The number of imidazole rings is 1. The first-order valence-corrected chi connectivity index (χ1v) is 7.66. The number of benzene rings is 1. The van der Waals surface area contributed by atoms with Crippen LogP contribution >= 0.6 is 11.6 Å². The van der Waals surface area contributed by atoms with Gasteiger partial charge in [-0.15, -0.1) is 0 Å². The summed E-state index contributed by atoms with van der Waals surface area (Å²) in [6.07, 6.45) is 5.96. The van der Waals surface area contributed by atoms with E-state index >= 15 is 0 Å². The van der Waals surface area contributed by atoms with Crippen molar-refractivity contribution in [3.63, 3.8) is 0 Å². The predicted octanol–water partition coefficient (Wildman–Crippen LogP) is 3.54. The normalized spacial score (nSPS) is 12.1. The van der Waals surface area contributed by atoms with Gasteiger partial charge in [0.15, 0.2) is 0 Å². The van der Waals surface area contributed by atoms with E-state index in [1.54, 1.807) is 19.6 Å². The molecule has 1 atom stereocenters. The summed E-state index contributed by atoms with van der Waals surface area (Å²) in [4.78, 5) is 16.0. The summed E-state index contributed by atoms with van der Waals surface area (Å²) in [6, 6.07) is 7.69. The van der Waals surface area contributed by atoms with Crippen LogP contribution in [0.1, 0.15) is 28.7 Å². The molecule has 0 aliphatic carbocycles. The van der Waals surface area contributed by atoms with Crippen LogP contribution in [0.4, 0.5) is 0 Å². The highest BCUT2D eigenvalue weighted by atomic mass is 35.5. The summed E-state index contributed by atoms with van der Waals surface area (Å²) in [6.45, 7) is 1.88. The molecular formula is C17H17ClN4O. The molecule has 0 amide bonds. The number of nitrogens with zero attached hydrogens (tertiary/aromatic N) is 3. The molecule has 0 radical (unpaired) electrons. The first-order valence-electron chi connectivity index (χ1n) is 7.28. The molecule has 0 saturated carbocycles. The van der Waals surface area contributed by atoms with Gasteiger partial charge in [-0.1, -0.05) is 23.7 Å². The molecule has 2 heterocycles. The van der Waals surface area contributed by atoms with Crippen molar-refractivity contribution < 1.29 is 4.74 Å². The Morgan fingerprint density at radius 1 is 1.30 bits per heavy atom. The van der Waals surface area contributed by atoms with Crippen LogP contribution in [0.25, 0.3) is 0 Å². The zero-order valence-electron chi connectivity index (χ0n) is 13.0. The second kappa shape index (κ2) is 6.79. The van der Waals surface area contributed by atoms with E-state index in [4.69, 9.17) is 16.3 Å². The Labute approximate surface area is 139 Å². The van der Waals surface area contributed by atoms with Crippen molar-refractivity contribution in [2.24, 2.45) is 0 Å². The Hall–Kier alpha value is -2.40. The highest BCUT2D eigenvalue weighted by Gasteiger charge is 2.22. The monoisotopic (exact) mass is 328 g/mol. The third-order valence-corrected chi connectivity index (χ3v) is 4.02. The number of hydrogen-bond acceptors (Lipinski definition) is 4. The minimum atomic E-state index is 0.0143. The van der Waals surface area contributed by atoms with Crippen LogP contribution in [0, 0.1) is 6.92 Å². The highest BCUT2D eigenvalue weighted by molar-refractivity contribution is 6.32. The molecule has 3 aromatic rings. The average molecular weight is 329 g/mol. The fourth-order valence-corrected chi connectivity index (χ4v) is 2.95. The van der Waals surface area contributed by atoms with Gasteiger partial charge in [0.05, 0.1) is 18.5 Å². The van der Waals surface area contributed by atoms with Crippen molar-refractivity contribution in [3.05, 3.63) is 70.8 Å². The van der Waals surface area contributed by atoms with Gasteiger partial charge in [-0.2, -0.15) is 0 Å². The lowest BCUT2D eigenvalue weighted by Gasteiger charge is -2.19. The van der Waals surface area contributed by atoms with Crippen LogP contribution in [-0.2, 0) is 6.42 Å². The topological polar surface area (TPSA) is 63.7 Å². The maximum Gasteiger partial charge on any atom is 0.141 e. The van der Waals surface area contributed by atoms with Crippen molar-refractivity contribution in [1.29, 1.82) is 0 Å². The van der Waals surface area contributed by atoms with Crippen LogP contribution in [0.15, 0.2) is 43.0 Å². The largest absolute Gasteiger partial charge is 0.495 e. The summed E-state index contributed by atoms with van der Waals surface area (Å²) < 4.78 is 5.52. The van der Waals surface area contributed by atoms with E-state index in [0.29, 0.717) is 17.2 Å². The Bertz CT molecular complexity index is 789. The second-order valence-electron chi connectivity index (χ2n) is 5.22. The minimum Gasteiger partial charge on any atom is -0.495 e. The van der Waals surface area contributed by atoms with Crippen molar-refractivity contribution in [2.75, 3.05) is 7.11 Å². The summed E-state index contributed by atoms with van der Waals surface area (Å²) in [5.74, 6) is 1.45. The third-order valence-electron chi connectivity index (χ3n) is 3.72. The molecule has 0 saturated heterocycles. The van der Waals surface area contributed by atoms with Gasteiger partial charge in [0.2, 0.25) is 0 Å². The molecule has 5 nitrogen and oxygen atoms in total. The van der Waals surface area contributed by atoms with Crippen LogP contribution in [0.3, 0.4) is 0 Å². The minimum absolute atomic E-state index is 0.0143. The number of hydrogen-bond donors (Lipinski definition) is 1. The van der Waals surface area contributed by atoms with Gasteiger partial charge in [0, 0.05) is 41.7 Å². The Balaban J connectivity index is 2.05. The summed E-state index contributed by atoms with van der Waals surface area (Å²) in [5, 5.41) is 0.591. The predicted molar refractivity (Wildman–Crippen MR) is 88.9 cm³/mol. The molecular weight excluding hydrogens is 312 g/mol. The number of aryl methyl sites for hydroxylation is 1.